The van der Waals surface area contributed by atoms with Crippen LogP contribution in [0, 0.1) is 0 Å². The highest BCUT2D eigenvalue weighted by Crippen LogP contribution is 2.26. The predicted octanol–water partition coefficient (Wildman–Crippen LogP) is 3.44. The zero-order valence-electron chi connectivity index (χ0n) is 11.7. The summed E-state index contributed by atoms with van der Waals surface area (Å²) < 4.78 is 5.35. The second-order valence-corrected chi connectivity index (χ2v) is 5.12. The van der Waals surface area contributed by atoms with Crippen molar-refractivity contribution in [3.8, 4) is 0 Å². The van der Waals surface area contributed by atoms with Crippen molar-refractivity contribution in [3.05, 3.63) is 81.9 Å². The number of hydrogen-bond donors (Lipinski definition) is 1. The smallest absolute Gasteiger partial charge is 0.343 e. The van der Waals surface area contributed by atoms with E-state index in [1.807, 2.05) is 48.5 Å². The van der Waals surface area contributed by atoms with E-state index in [0.717, 1.165) is 16.5 Å². The summed E-state index contributed by atoms with van der Waals surface area (Å²) in [6.45, 7) is 1.61. The number of hydrogen-bond acceptors (Lipinski definition) is 3. The van der Waals surface area contributed by atoms with Gasteiger partial charge in [0.05, 0.1) is 5.39 Å². The number of rotatable bonds is 3. The lowest BCUT2D eigenvalue weighted by Crippen LogP contribution is -2.09. The van der Waals surface area contributed by atoms with Gasteiger partial charge in [0.25, 0.3) is 0 Å². The van der Waals surface area contributed by atoms with Gasteiger partial charge in [-0.25, -0.2) is 4.79 Å². The highest BCUT2D eigenvalue weighted by atomic mass is 16.4. The van der Waals surface area contributed by atoms with E-state index in [9.17, 15) is 9.90 Å². The van der Waals surface area contributed by atoms with Crippen LogP contribution in [0.2, 0.25) is 0 Å². The molecule has 3 heteroatoms. The van der Waals surface area contributed by atoms with Crippen LogP contribution in [0.4, 0.5) is 0 Å². The van der Waals surface area contributed by atoms with Crippen LogP contribution in [0.15, 0.2) is 63.8 Å². The van der Waals surface area contributed by atoms with E-state index in [-0.39, 0.29) is 0 Å². The number of aliphatic hydroxyl groups is 1. The Hall–Kier alpha value is -2.39. The van der Waals surface area contributed by atoms with Gasteiger partial charge in [-0.2, -0.15) is 0 Å². The number of benzene rings is 2. The van der Waals surface area contributed by atoms with Gasteiger partial charge in [-0.1, -0.05) is 48.5 Å². The van der Waals surface area contributed by atoms with E-state index in [1.165, 1.54) is 0 Å². The van der Waals surface area contributed by atoms with Crippen LogP contribution >= 0.6 is 0 Å². The Balaban J connectivity index is 2.25. The fourth-order valence-corrected chi connectivity index (χ4v) is 2.59. The Bertz CT molecular complexity index is 817. The van der Waals surface area contributed by atoms with Crippen LogP contribution in [-0.4, -0.2) is 5.11 Å². The molecule has 1 N–H and O–H groups in total. The van der Waals surface area contributed by atoms with Crippen molar-refractivity contribution in [1.29, 1.82) is 0 Å². The summed E-state index contributed by atoms with van der Waals surface area (Å²) in [5, 5.41) is 11.3. The lowest BCUT2D eigenvalue weighted by atomic mass is 9.97. The summed E-state index contributed by atoms with van der Waals surface area (Å²) in [4.78, 5) is 12.0. The molecular weight excluding hydrogens is 264 g/mol. The Morgan fingerprint density at radius 2 is 1.62 bits per heavy atom. The highest BCUT2D eigenvalue weighted by Gasteiger charge is 2.17. The average molecular weight is 280 g/mol. The third-order valence-corrected chi connectivity index (χ3v) is 3.58. The third kappa shape index (κ3) is 2.60. The monoisotopic (exact) mass is 280 g/mol. The van der Waals surface area contributed by atoms with Crippen LogP contribution < -0.4 is 5.63 Å². The molecule has 0 fully saturated rings. The summed E-state index contributed by atoms with van der Waals surface area (Å²) >= 11 is 0. The second kappa shape index (κ2) is 5.54. The fourth-order valence-electron chi connectivity index (χ4n) is 2.59. The Morgan fingerprint density at radius 1 is 1.00 bits per heavy atom. The average Bonchev–Trinajstić information content (AvgIpc) is 2.51. The molecule has 3 nitrogen and oxygen atoms in total. The summed E-state index contributed by atoms with van der Waals surface area (Å²) in [6.07, 6.45) is -0.202. The first-order chi connectivity index (χ1) is 10.2. The molecule has 0 saturated carbocycles. The van der Waals surface area contributed by atoms with E-state index in [4.69, 9.17) is 4.42 Å². The first-order valence-corrected chi connectivity index (χ1v) is 6.93. The number of aliphatic hydroxyl groups excluding tert-OH is 1. The first-order valence-electron chi connectivity index (χ1n) is 6.93. The standard InChI is InChI=1S/C18H16O3/c1-12(19)17-16(11-13-7-3-2-4-8-13)14-9-5-6-10-15(14)18(20)21-17/h2-10,12,19H,11H2,1H3. The molecule has 3 aromatic rings. The van der Waals surface area contributed by atoms with Crippen molar-refractivity contribution < 1.29 is 9.52 Å². The SMILES string of the molecule is CC(O)c1oc(=O)c2ccccc2c1Cc1ccccc1. The number of fused-ring (bicyclic) bond motifs is 1. The lowest BCUT2D eigenvalue weighted by molar-refractivity contribution is 0.163. The lowest BCUT2D eigenvalue weighted by Gasteiger charge is -2.13. The van der Waals surface area contributed by atoms with Gasteiger partial charge in [0, 0.05) is 12.0 Å². The van der Waals surface area contributed by atoms with Crippen molar-refractivity contribution in [1.82, 2.24) is 0 Å². The van der Waals surface area contributed by atoms with E-state index in [1.54, 1.807) is 13.0 Å². The Kier molecular flexibility index (Phi) is 3.59. The molecule has 0 aliphatic carbocycles. The van der Waals surface area contributed by atoms with Gasteiger partial charge in [0.1, 0.15) is 11.9 Å². The maximum absolute atomic E-state index is 12.0. The summed E-state index contributed by atoms with van der Waals surface area (Å²) in [7, 11) is 0. The minimum Gasteiger partial charge on any atom is -0.424 e. The normalized spacial score (nSPS) is 12.5. The van der Waals surface area contributed by atoms with E-state index in [2.05, 4.69) is 0 Å². The molecule has 0 aliphatic heterocycles. The quantitative estimate of drug-likeness (QED) is 0.799. The molecule has 1 atom stereocenters. The maximum Gasteiger partial charge on any atom is 0.343 e. The van der Waals surface area contributed by atoms with Gasteiger partial charge in [0.2, 0.25) is 0 Å². The molecule has 0 aliphatic rings. The molecule has 106 valence electrons. The molecule has 0 amide bonds. The van der Waals surface area contributed by atoms with Crippen molar-refractivity contribution >= 4 is 10.8 Å². The molecule has 0 radical (unpaired) electrons. The van der Waals surface area contributed by atoms with Gasteiger partial charge < -0.3 is 9.52 Å². The zero-order chi connectivity index (χ0) is 14.8. The molecule has 0 spiro atoms. The molecule has 1 unspecified atom stereocenters. The highest BCUT2D eigenvalue weighted by molar-refractivity contribution is 5.85. The van der Waals surface area contributed by atoms with Gasteiger partial charge in [0.15, 0.2) is 0 Å². The molecule has 1 heterocycles. The zero-order valence-corrected chi connectivity index (χ0v) is 11.7. The molecule has 0 bridgehead atoms. The first kappa shape index (κ1) is 13.6. The molecular formula is C18H16O3. The fraction of sp³-hybridized carbons (Fsp3) is 0.167. The summed E-state index contributed by atoms with van der Waals surface area (Å²) in [5.41, 5.74) is 1.57. The van der Waals surface area contributed by atoms with E-state index >= 15 is 0 Å². The molecule has 2 aromatic carbocycles. The van der Waals surface area contributed by atoms with Gasteiger partial charge in [-0.3, -0.25) is 0 Å². The van der Waals surface area contributed by atoms with Gasteiger partial charge >= 0.3 is 5.63 Å². The van der Waals surface area contributed by atoms with Gasteiger partial charge in [-0.05, 0) is 23.9 Å². The van der Waals surface area contributed by atoms with Crippen LogP contribution in [0.3, 0.4) is 0 Å². The molecule has 1 aromatic heterocycles. The Morgan fingerprint density at radius 3 is 2.29 bits per heavy atom. The molecule has 0 saturated heterocycles. The third-order valence-electron chi connectivity index (χ3n) is 3.58. The predicted molar refractivity (Wildman–Crippen MR) is 82.4 cm³/mol. The van der Waals surface area contributed by atoms with Crippen LogP contribution in [-0.2, 0) is 6.42 Å². The maximum atomic E-state index is 12.0. The van der Waals surface area contributed by atoms with Crippen molar-refractivity contribution in [2.45, 2.75) is 19.4 Å². The summed E-state index contributed by atoms with van der Waals surface area (Å²) in [6, 6.07) is 17.3. The minimum absolute atomic E-state index is 0.350. The van der Waals surface area contributed by atoms with Crippen LogP contribution in [0.1, 0.15) is 29.9 Å². The van der Waals surface area contributed by atoms with E-state index < -0.39 is 11.7 Å². The van der Waals surface area contributed by atoms with Crippen molar-refractivity contribution in [2.24, 2.45) is 0 Å². The van der Waals surface area contributed by atoms with Crippen LogP contribution in [0.5, 0.6) is 0 Å². The van der Waals surface area contributed by atoms with E-state index in [0.29, 0.717) is 17.6 Å². The Labute approximate surface area is 122 Å². The molecule has 3 rings (SSSR count). The van der Waals surface area contributed by atoms with Crippen molar-refractivity contribution in [3.63, 3.8) is 0 Å². The second-order valence-electron chi connectivity index (χ2n) is 5.12. The largest absolute Gasteiger partial charge is 0.424 e. The molecule has 21 heavy (non-hydrogen) atoms. The summed E-state index contributed by atoms with van der Waals surface area (Å²) in [5.74, 6) is 0.350. The van der Waals surface area contributed by atoms with Crippen molar-refractivity contribution in [2.75, 3.05) is 0 Å². The minimum atomic E-state index is -0.819. The van der Waals surface area contributed by atoms with Crippen LogP contribution in [0.25, 0.3) is 10.8 Å². The van der Waals surface area contributed by atoms with Gasteiger partial charge in [-0.15, -0.1) is 0 Å². The topological polar surface area (TPSA) is 50.4 Å².